The Kier molecular flexibility index (Phi) is 3.95. The summed E-state index contributed by atoms with van der Waals surface area (Å²) >= 11 is 2.27. The van der Waals surface area contributed by atoms with Crippen molar-refractivity contribution in [1.82, 2.24) is 0 Å². The summed E-state index contributed by atoms with van der Waals surface area (Å²) in [6.45, 7) is 6.08. The van der Waals surface area contributed by atoms with Crippen LogP contribution in [0.15, 0.2) is 24.3 Å². The Morgan fingerprint density at radius 1 is 1.36 bits per heavy atom. The van der Waals surface area contributed by atoms with Crippen LogP contribution in [-0.4, -0.2) is 5.11 Å². The molecule has 1 aromatic rings. The minimum absolute atomic E-state index is 0.280. The van der Waals surface area contributed by atoms with Gasteiger partial charge in [0.2, 0.25) is 0 Å². The van der Waals surface area contributed by atoms with Crippen LogP contribution in [0, 0.1) is 9.49 Å². The molecule has 0 aliphatic rings. The van der Waals surface area contributed by atoms with Crippen molar-refractivity contribution in [2.45, 2.75) is 32.8 Å². The summed E-state index contributed by atoms with van der Waals surface area (Å²) in [5.41, 5.74) is 0.297. The van der Waals surface area contributed by atoms with Gasteiger partial charge in [0, 0.05) is 3.57 Å². The molecule has 78 valence electrons. The number of aliphatic hydroxyl groups is 1. The van der Waals surface area contributed by atoms with E-state index in [2.05, 4.69) is 36.4 Å². The number of halogens is 1. The van der Waals surface area contributed by atoms with Gasteiger partial charge in [-0.15, -0.1) is 0 Å². The zero-order chi connectivity index (χ0) is 10.8. The van der Waals surface area contributed by atoms with Crippen molar-refractivity contribution in [3.05, 3.63) is 33.4 Å². The zero-order valence-electron chi connectivity index (χ0n) is 8.92. The number of benzene rings is 1. The molecule has 0 heterocycles. The van der Waals surface area contributed by atoms with Crippen LogP contribution in [0.4, 0.5) is 0 Å². The first-order valence-corrected chi connectivity index (χ1v) is 6.04. The van der Waals surface area contributed by atoms with Crippen LogP contribution >= 0.6 is 22.6 Å². The van der Waals surface area contributed by atoms with Gasteiger partial charge in [-0.25, -0.2) is 0 Å². The Morgan fingerprint density at radius 3 is 2.29 bits per heavy atom. The minimum Gasteiger partial charge on any atom is -0.385 e. The predicted molar refractivity (Wildman–Crippen MR) is 68.2 cm³/mol. The maximum atomic E-state index is 10.3. The van der Waals surface area contributed by atoms with Gasteiger partial charge < -0.3 is 5.11 Å². The molecule has 2 atom stereocenters. The molecule has 2 unspecified atom stereocenters. The Morgan fingerprint density at radius 2 is 1.86 bits per heavy atom. The zero-order valence-corrected chi connectivity index (χ0v) is 11.1. The van der Waals surface area contributed by atoms with Gasteiger partial charge in [0.1, 0.15) is 0 Å². The predicted octanol–water partition coefficient (Wildman–Crippen LogP) is 3.54. The highest BCUT2D eigenvalue weighted by atomic mass is 127. The highest BCUT2D eigenvalue weighted by Crippen LogP contribution is 2.31. The Hall–Kier alpha value is -0.0900. The van der Waals surface area contributed by atoms with E-state index in [1.54, 1.807) is 0 Å². The third-order valence-electron chi connectivity index (χ3n) is 3.00. The fourth-order valence-electron chi connectivity index (χ4n) is 1.47. The molecule has 0 radical (unpaired) electrons. The van der Waals surface area contributed by atoms with Crippen molar-refractivity contribution >= 4 is 22.6 Å². The largest absolute Gasteiger partial charge is 0.385 e. The molecule has 1 N–H and O–H groups in total. The van der Waals surface area contributed by atoms with Crippen molar-refractivity contribution < 1.29 is 5.11 Å². The first kappa shape index (κ1) is 12.0. The smallest absolute Gasteiger partial charge is 0.0893 e. The van der Waals surface area contributed by atoms with E-state index in [0.717, 1.165) is 12.0 Å². The molecular weight excluding hydrogens is 287 g/mol. The van der Waals surface area contributed by atoms with Crippen LogP contribution in [-0.2, 0) is 5.60 Å². The van der Waals surface area contributed by atoms with E-state index in [-0.39, 0.29) is 5.92 Å². The van der Waals surface area contributed by atoms with Gasteiger partial charge in [-0.2, -0.15) is 0 Å². The molecule has 0 saturated heterocycles. The molecule has 14 heavy (non-hydrogen) atoms. The van der Waals surface area contributed by atoms with Crippen molar-refractivity contribution in [2.24, 2.45) is 5.92 Å². The summed E-state index contributed by atoms with van der Waals surface area (Å²) in [7, 11) is 0. The maximum Gasteiger partial charge on any atom is 0.0893 e. The van der Waals surface area contributed by atoms with Crippen LogP contribution < -0.4 is 0 Å². The van der Waals surface area contributed by atoms with Crippen LogP contribution in [0.5, 0.6) is 0 Å². The van der Waals surface area contributed by atoms with Crippen LogP contribution in [0.3, 0.4) is 0 Å². The van der Waals surface area contributed by atoms with E-state index in [0.29, 0.717) is 0 Å². The van der Waals surface area contributed by atoms with Crippen molar-refractivity contribution in [3.8, 4) is 0 Å². The fraction of sp³-hybridized carbons (Fsp3) is 0.500. The lowest BCUT2D eigenvalue weighted by molar-refractivity contribution is 0.00000837. The summed E-state index contributed by atoms with van der Waals surface area (Å²) in [6, 6.07) is 8.08. The molecule has 1 aromatic carbocycles. The lowest BCUT2D eigenvalue weighted by atomic mass is 9.83. The number of rotatable bonds is 3. The molecule has 0 aliphatic carbocycles. The Bertz CT molecular complexity index is 290. The van der Waals surface area contributed by atoms with Gasteiger partial charge in [0.25, 0.3) is 0 Å². The molecule has 0 bridgehead atoms. The monoisotopic (exact) mass is 304 g/mol. The first-order chi connectivity index (χ1) is 6.48. The molecule has 0 amide bonds. The molecule has 0 aliphatic heterocycles. The SMILES string of the molecule is CCC(C)C(C)(O)c1ccc(I)cc1. The molecule has 1 nitrogen and oxygen atoms in total. The highest BCUT2D eigenvalue weighted by molar-refractivity contribution is 14.1. The standard InChI is InChI=1S/C12H17IO/c1-4-9(2)12(3,14)10-5-7-11(13)8-6-10/h5-9,14H,4H2,1-3H3. The summed E-state index contributed by atoms with van der Waals surface area (Å²) in [4.78, 5) is 0. The third kappa shape index (κ3) is 2.48. The van der Waals surface area contributed by atoms with E-state index < -0.39 is 5.60 Å². The second-order valence-electron chi connectivity index (χ2n) is 3.96. The molecule has 0 fully saturated rings. The van der Waals surface area contributed by atoms with Crippen LogP contribution in [0.1, 0.15) is 32.8 Å². The van der Waals surface area contributed by atoms with Gasteiger partial charge >= 0.3 is 0 Å². The van der Waals surface area contributed by atoms with Crippen LogP contribution in [0.25, 0.3) is 0 Å². The molecule has 0 spiro atoms. The van der Waals surface area contributed by atoms with Crippen LogP contribution in [0.2, 0.25) is 0 Å². The quantitative estimate of drug-likeness (QED) is 0.847. The highest BCUT2D eigenvalue weighted by Gasteiger charge is 2.28. The lowest BCUT2D eigenvalue weighted by Gasteiger charge is -2.30. The van der Waals surface area contributed by atoms with Gasteiger partial charge in [-0.05, 0) is 53.1 Å². The van der Waals surface area contributed by atoms with Crippen molar-refractivity contribution in [2.75, 3.05) is 0 Å². The van der Waals surface area contributed by atoms with E-state index in [1.807, 2.05) is 31.2 Å². The van der Waals surface area contributed by atoms with E-state index in [9.17, 15) is 5.11 Å². The van der Waals surface area contributed by atoms with E-state index in [4.69, 9.17) is 0 Å². The average molecular weight is 304 g/mol. The second-order valence-corrected chi connectivity index (χ2v) is 5.21. The molecular formula is C12H17IO. The van der Waals surface area contributed by atoms with Gasteiger partial charge in [0.05, 0.1) is 5.60 Å². The normalized spacial score (nSPS) is 17.5. The lowest BCUT2D eigenvalue weighted by Crippen LogP contribution is -2.29. The maximum absolute atomic E-state index is 10.3. The van der Waals surface area contributed by atoms with Gasteiger partial charge in [-0.3, -0.25) is 0 Å². The van der Waals surface area contributed by atoms with E-state index >= 15 is 0 Å². The summed E-state index contributed by atoms with van der Waals surface area (Å²) < 4.78 is 1.20. The second kappa shape index (κ2) is 4.62. The molecule has 0 aromatic heterocycles. The van der Waals surface area contributed by atoms with Crippen molar-refractivity contribution in [1.29, 1.82) is 0 Å². The molecule has 2 heteroatoms. The third-order valence-corrected chi connectivity index (χ3v) is 3.72. The summed E-state index contributed by atoms with van der Waals surface area (Å²) in [5.74, 6) is 0.280. The summed E-state index contributed by atoms with van der Waals surface area (Å²) in [6.07, 6.45) is 0.985. The number of hydrogen-bond donors (Lipinski definition) is 1. The number of hydrogen-bond acceptors (Lipinski definition) is 1. The first-order valence-electron chi connectivity index (χ1n) is 4.97. The Labute approximate surface area is 99.7 Å². The minimum atomic E-state index is -0.709. The summed E-state index contributed by atoms with van der Waals surface area (Å²) in [5, 5.41) is 10.3. The molecule has 1 rings (SSSR count). The van der Waals surface area contributed by atoms with Gasteiger partial charge in [0.15, 0.2) is 0 Å². The fourth-order valence-corrected chi connectivity index (χ4v) is 1.83. The average Bonchev–Trinajstić information content (AvgIpc) is 2.17. The Balaban J connectivity index is 2.97. The van der Waals surface area contributed by atoms with E-state index in [1.165, 1.54) is 3.57 Å². The van der Waals surface area contributed by atoms with Crippen molar-refractivity contribution in [3.63, 3.8) is 0 Å². The topological polar surface area (TPSA) is 20.2 Å². The van der Waals surface area contributed by atoms with Gasteiger partial charge in [-0.1, -0.05) is 32.4 Å². The molecule has 0 saturated carbocycles.